The average Bonchev–Trinajstić information content (AvgIpc) is 2.35. The maximum Gasteiger partial charge on any atom is 0.0211 e. The number of hydrogen-bond donors (Lipinski definition) is 1. The van der Waals surface area contributed by atoms with Crippen molar-refractivity contribution in [1.29, 1.82) is 0 Å². The van der Waals surface area contributed by atoms with Crippen LogP contribution in [-0.4, -0.2) is 0 Å². The van der Waals surface area contributed by atoms with Gasteiger partial charge in [0.25, 0.3) is 0 Å². The highest BCUT2D eigenvalue weighted by molar-refractivity contribution is 5.36. The molecule has 0 radical (unpaired) electrons. The Hall–Kier alpha value is -1.60. The number of aryl methyl sites for hydroxylation is 4. The van der Waals surface area contributed by atoms with E-state index in [-0.39, 0.29) is 0 Å². The third-order valence-corrected chi connectivity index (χ3v) is 3.68. The van der Waals surface area contributed by atoms with E-state index in [1.807, 2.05) is 0 Å². The summed E-state index contributed by atoms with van der Waals surface area (Å²) >= 11 is 0. The van der Waals surface area contributed by atoms with E-state index in [1.54, 1.807) is 0 Å². The van der Waals surface area contributed by atoms with Crippen molar-refractivity contribution >= 4 is 0 Å². The van der Waals surface area contributed by atoms with Crippen molar-refractivity contribution in [2.45, 2.75) is 40.8 Å². The second-order valence-electron chi connectivity index (χ2n) is 5.46. The van der Waals surface area contributed by atoms with Crippen LogP contribution >= 0.6 is 0 Å². The fourth-order valence-electron chi connectivity index (χ4n) is 2.37. The summed E-state index contributed by atoms with van der Waals surface area (Å²) in [6.45, 7) is 10.5. The molecule has 0 amide bonds. The average molecular weight is 253 g/mol. The van der Waals surface area contributed by atoms with Crippen LogP contribution in [0.1, 0.15) is 33.4 Å². The van der Waals surface area contributed by atoms with Gasteiger partial charge in [0.15, 0.2) is 0 Å². The van der Waals surface area contributed by atoms with Gasteiger partial charge in [0.2, 0.25) is 0 Å². The zero-order valence-electron chi connectivity index (χ0n) is 12.4. The molecule has 2 aromatic rings. The summed E-state index contributed by atoms with van der Waals surface area (Å²) in [5, 5.41) is 3.53. The molecule has 0 aliphatic rings. The SMILES string of the molecule is Cc1cccc(CNCc2cc(C)c(C)cc2C)c1. The molecular weight excluding hydrogens is 230 g/mol. The lowest BCUT2D eigenvalue weighted by atomic mass is 10.0. The minimum Gasteiger partial charge on any atom is -0.309 e. The van der Waals surface area contributed by atoms with Gasteiger partial charge in [0.1, 0.15) is 0 Å². The molecule has 0 bridgehead atoms. The third-order valence-electron chi connectivity index (χ3n) is 3.68. The fourth-order valence-corrected chi connectivity index (χ4v) is 2.37. The summed E-state index contributed by atoms with van der Waals surface area (Å²) < 4.78 is 0. The number of rotatable bonds is 4. The van der Waals surface area contributed by atoms with Gasteiger partial charge in [0.05, 0.1) is 0 Å². The van der Waals surface area contributed by atoms with Crippen molar-refractivity contribution in [1.82, 2.24) is 5.32 Å². The quantitative estimate of drug-likeness (QED) is 0.860. The zero-order valence-corrected chi connectivity index (χ0v) is 12.4. The van der Waals surface area contributed by atoms with Crippen LogP contribution in [0.15, 0.2) is 36.4 Å². The van der Waals surface area contributed by atoms with Crippen LogP contribution in [0.2, 0.25) is 0 Å². The smallest absolute Gasteiger partial charge is 0.0211 e. The van der Waals surface area contributed by atoms with Crippen LogP contribution < -0.4 is 5.32 Å². The lowest BCUT2D eigenvalue weighted by Crippen LogP contribution is -2.13. The molecule has 100 valence electrons. The molecule has 19 heavy (non-hydrogen) atoms. The minimum absolute atomic E-state index is 0.925. The first kappa shape index (κ1) is 13.8. The van der Waals surface area contributed by atoms with E-state index in [1.165, 1.54) is 33.4 Å². The Balaban J connectivity index is 1.98. The van der Waals surface area contributed by atoms with E-state index < -0.39 is 0 Å². The fraction of sp³-hybridized carbons (Fsp3) is 0.333. The van der Waals surface area contributed by atoms with Gasteiger partial charge in [-0.2, -0.15) is 0 Å². The molecule has 0 saturated carbocycles. The molecule has 2 rings (SSSR count). The highest BCUT2D eigenvalue weighted by Gasteiger charge is 2.02. The largest absolute Gasteiger partial charge is 0.309 e. The Labute approximate surface area is 116 Å². The van der Waals surface area contributed by atoms with Gasteiger partial charge in [-0.05, 0) is 55.5 Å². The molecule has 0 atom stereocenters. The van der Waals surface area contributed by atoms with Crippen molar-refractivity contribution in [3.63, 3.8) is 0 Å². The second-order valence-corrected chi connectivity index (χ2v) is 5.46. The number of hydrogen-bond acceptors (Lipinski definition) is 1. The van der Waals surface area contributed by atoms with Crippen LogP contribution in [0.25, 0.3) is 0 Å². The van der Waals surface area contributed by atoms with E-state index in [2.05, 4.69) is 69.4 Å². The van der Waals surface area contributed by atoms with E-state index in [0.29, 0.717) is 0 Å². The molecule has 0 saturated heterocycles. The van der Waals surface area contributed by atoms with Crippen molar-refractivity contribution in [2.24, 2.45) is 0 Å². The molecular formula is C18H23N. The van der Waals surface area contributed by atoms with Gasteiger partial charge < -0.3 is 5.32 Å². The van der Waals surface area contributed by atoms with Crippen LogP contribution in [0, 0.1) is 27.7 Å². The molecule has 2 aromatic carbocycles. The molecule has 0 aromatic heterocycles. The highest BCUT2D eigenvalue weighted by Crippen LogP contribution is 2.15. The number of benzene rings is 2. The van der Waals surface area contributed by atoms with Gasteiger partial charge in [-0.1, -0.05) is 42.0 Å². The first-order valence-electron chi connectivity index (χ1n) is 6.89. The molecule has 0 aliphatic carbocycles. The molecule has 1 heteroatoms. The maximum absolute atomic E-state index is 3.53. The van der Waals surface area contributed by atoms with Crippen molar-refractivity contribution in [3.8, 4) is 0 Å². The van der Waals surface area contributed by atoms with Gasteiger partial charge in [-0.25, -0.2) is 0 Å². The molecule has 1 nitrogen and oxygen atoms in total. The van der Waals surface area contributed by atoms with Crippen molar-refractivity contribution in [3.05, 3.63) is 69.8 Å². The Bertz CT molecular complexity index is 570. The summed E-state index contributed by atoms with van der Waals surface area (Å²) in [5.41, 5.74) is 8.19. The summed E-state index contributed by atoms with van der Waals surface area (Å²) in [4.78, 5) is 0. The van der Waals surface area contributed by atoms with E-state index in [0.717, 1.165) is 13.1 Å². The normalized spacial score (nSPS) is 10.7. The van der Waals surface area contributed by atoms with Crippen LogP contribution in [-0.2, 0) is 13.1 Å². The van der Waals surface area contributed by atoms with Crippen molar-refractivity contribution < 1.29 is 0 Å². The third kappa shape index (κ3) is 3.68. The van der Waals surface area contributed by atoms with Crippen LogP contribution in [0.4, 0.5) is 0 Å². The van der Waals surface area contributed by atoms with Gasteiger partial charge in [0, 0.05) is 13.1 Å². The van der Waals surface area contributed by atoms with Gasteiger partial charge >= 0.3 is 0 Å². The van der Waals surface area contributed by atoms with E-state index in [9.17, 15) is 0 Å². The van der Waals surface area contributed by atoms with Crippen molar-refractivity contribution in [2.75, 3.05) is 0 Å². The molecule has 0 fully saturated rings. The summed E-state index contributed by atoms with van der Waals surface area (Å²) in [6, 6.07) is 13.2. The summed E-state index contributed by atoms with van der Waals surface area (Å²) in [5.74, 6) is 0. The van der Waals surface area contributed by atoms with Crippen LogP contribution in [0.5, 0.6) is 0 Å². The van der Waals surface area contributed by atoms with Gasteiger partial charge in [-0.3, -0.25) is 0 Å². The standard InChI is InChI=1S/C18H23N/c1-13-6-5-7-17(8-13)11-19-12-18-10-15(3)14(2)9-16(18)4/h5-10,19H,11-12H2,1-4H3. The Morgan fingerprint density at radius 2 is 1.53 bits per heavy atom. The van der Waals surface area contributed by atoms with Gasteiger partial charge in [-0.15, -0.1) is 0 Å². The molecule has 0 aliphatic heterocycles. The maximum atomic E-state index is 3.53. The highest BCUT2D eigenvalue weighted by atomic mass is 14.8. The van der Waals surface area contributed by atoms with E-state index >= 15 is 0 Å². The lowest BCUT2D eigenvalue weighted by Gasteiger charge is -2.11. The first-order valence-corrected chi connectivity index (χ1v) is 6.89. The Morgan fingerprint density at radius 1 is 0.789 bits per heavy atom. The number of nitrogens with one attached hydrogen (secondary N) is 1. The molecule has 0 spiro atoms. The molecule has 1 N–H and O–H groups in total. The Kier molecular flexibility index (Phi) is 4.39. The van der Waals surface area contributed by atoms with Crippen LogP contribution in [0.3, 0.4) is 0 Å². The first-order chi connectivity index (χ1) is 9.06. The topological polar surface area (TPSA) is 12.0 Å². The molecule has 0 heterocycles. The predicted octanol–water partition coefficient (Wildman–Crippen LogP) is 4.21. The second kappa shape index (κ2) is 6.03. The lowest BCUT2D eigenvalue weighted by molar-refractivity contribution is 0.689. The summed E-state index contributed by atoms with van der Waals surface area (Å²) in [6.07, 6.45) is 0. The molecule has 0 unspecified atom stereocenters. The Morgan fingerprint density at radius 3 is 2.26 bits per heavy atom. The monoisotopic (exact) mass is 253 g/mol. The predicted molar refractivity (Wildman–Crippen MR) is 82.4 cm³/mol. The summed E-state index contributed by atoms with van der Waals surface area (Å²) in [7, 11) is 0. The van der Waals surface area contributed by atoms with E-state index in [4.69, 9.17) is 0 Å². The zero-order chi connectivity index (χ0) is 13.8. The minimum atomic E-state index is 0.925.